The Bertz CT molecular complexity index is 964. The van der Waals surface area contributed by atoms with Crippen molar-refractivity contribution >= 4 is 0 Å². The van der Waals surface area contributed by atoms with Crippen LogP contribution in [0.4, 0.5) is 13.2 Å². The van der Waals surface area contributed by atoms with E-state index >= 15 is 0 Å². The number of halogens is 3. The van der Waals surface area contributed by atoms with E-state index in [1.54, 1.807) is 12.3 Å². The zero-order chi connectivity index (χ0) is 19.7. The van der Waals surface area contributed by atoms with Crippen molar-refractivity contribution < 1.29 is 22.6 Å². The van der Waals surface area contributed by atoms with Crippen molar-refractivity contribution in [3.05, 3.63) is 59.8 Å². The summed E-state index contributed by atoms with van der Waals surface area (Å²) in [5.41, 5.74) is 1.41. The molecule has 0 unspecified atom stereocenters. The van der Waals surface area contributed by atoms with Crippen LogP contribution in [-0.2, 0) is 12.8 Å². The lowest BCUT2D eigenvalue weighted by atomic mass is 10.1. The van der Waals surface area contributed by atoms with Gasteiger partial charge in [0.15, 0.2) is 11.5 Å². The molecular formula is C20H18F3N3O2. The summed E-state index contributed by atoms with van der Waals surface area (Å²) in [4.78, 5) is 11.6. The van der Waals surface area contributed by atoms with E-state index in [2.05, 4.69) is 15.0 Å². The largest absolute Gasteiger partial charge is 0.493 e. The van der Waals surface area contributed by atoms with Crippen LogP contribution in [0.3, 0.4) is 0 Å². The number of alkyl halides is 3. The molecule has 28 heavy (non-hydrogen) atoms. The van der Waals surface area contributed by atoms with Gasteiger partial charge in [0.1, 0.15) is 12.4 Å². The lowest BCUT2D eigenvalue weighted by molar-refractivity contribution is -0.137. The fourth-order valence-corrected chi connectivity index (χ4v) is 2.83. The summed E-state index contributed by atoms with van der Waals surface area (Å²) < 4.78 is 48.9. The van der Waals surface area contributed by atoms with E-state index in [1.165, 1.54) is 26.0 Å². The van der Waals surface area contributed by atoms with Crippen molar-refractivity contribution in [2.45, 2.75) is 31.5 Å². The Morgan fingerprint density at radius 1 is 1.07 bits per heavy atom. The first kappa shape index (κ1) is 18.3. The van der Waals surface area contributed by atoms with E-state index in [-0.39, 0.29) is 6.61 Å². The molecule has 1 N–H and O–H groups in total. The second-order valence-corrected chi connectivity index (χ2v) is 6.65. The molecule has 3 aromatic rings. The van der Waals surface area contributed by atoms with Crippen LogP contribution in [0, 0.1) is 0 Å². The van der Waals surface area contributed by atoms with Gasteiger partial charge >= 0.3 is 6.18 Å². The van der Waals surface area contributed by atoms with Crippen LogP contribution in [0.5, 0.6) is 11.5 Å². The molecule has 5 nitrogen and oxygen atoms in total. The molecule has 0 amide bonds. The molecule has 0 aliphatic heterocycles. The molecular weight excluding hydrogens is 371 g/mol. The number of nitrogens with zero attached hydrogens (tertiary/aromatic N) is 2. The number of methoxy groups -OCH3 is 1. The summed E-state index contributed by atoms with van der Waals surface area (Å²) in [5, 5.41) is 0. The Hall–Kier alpha value is -3.03. The summed E-state index contributed by atoms with van der Waals surface area (Å²) in [6, 6.07) is 7.76. The minimum atomic E-state index is -4.41. The topological polar surface area (TPSA) is 60.0 Å². The van der Waals surface area contributed by atoms with Crippen LogP contribution in [0.25, 0.3) is 11.3 Å². The van der Waals surface area contributed by atoms with E-state index < -0.39 is 11.7 Å². The molecule has 1 saturated carbocycles. The van der Waals surface area contributed by atoms with Gasteiger partial charge in [-0.2, -0.15) is 13.2 Å². The molecule has 1 aliphatic rings. The number of nitrogens with one attached hydrogen (secondary N) is 1. The molecule has 1 aromatic carbocycles. The molecule has 2 aromatic heterocycles. The first-order chi connectivity index (χ1) is 13.4. The highest BCUT2D eigenvalue weighted by Crippen LogP contribution is 2.39. The fraction of sp³-hybridized carbons (Fsp3) is 0.300. The summed E-state index contributed by atoms with van der Waals surface area (Å²) in [6.07, 6.45) is 0.531. The van der Waals surface area contributed by atoms with Gasteiger partial charge in [0.2, 0.25) is 0 Å². The highest BCUT2D eigenvalue weighted by Gasteiger charge is 2.30. The average molecular weight is 389 g/mol. The number of aromatic nitrogens is 3. The van der Waals surface area contributed by atoms with Gasteiger partial charge < -0.3 is 14.5 Å². The molecule has 8 heteroatoms. The molecule has 1 aliphatic carbocycles. The summed E-state index contributed by atoms with van der Waals surface area (Å²) in [7, 11) is 1.53. The van der Waals surface area contributed by atoms with Gasteiger partial charge in [0, 0.05) is 17.7 Å². The van der Waals surface area contributed by atoms with Crippen LogP contribution in [0.1, 0.15) is 35.8 Å². The van der Waals surface area contributed by atoms with Crippen molar-refractivity contribution in [2.75, 3.05) is 7.11 Å². The molecule has 0 bridgehead atoms. The summed E-state index contributed by atoms with van der Waals surface area (Å²) in [5.74, 6) is 2.54. The van der Waals surface area contributed by atoms with Crippen LogP contribution < -0.4 is 9.47 Å². The molecule has 4 rings (SSSR count). The van der Waals surface area contributed by atoms with Gasteiger partial charge in [-0.1, -0.05) is 0 Å². The number of aromatic amines is 1. The smallest absolute Gasteiger partial charge is 0.417 e. The predicted molar refractivity (Wildman–Crippen MR) is 96.1 cm³/mol. The highest BCUT2D eigenvalue weighted by atomic mass is 19.4. The van der Waals surface area contributed by atoms with Crippen LogP contribution >= 0.6 is 0 Å². The Morgan fingerprint density at radius 3 is 2.54 bits per heavy atom. The van der Waals surface area contributed by atoms with E-state index in [9.17, 15) is 13.2 Å². The number of ether oxygens (including phenoxy) is 2. The molecule has 0 saturated heterocycles. The number of pyridine rings is 1. The SMILES string of the molecule is COc1cc(-c2cnc(C3CC3)[nH]2)ccc1OCc1ccc(C(F)(F)F)cn1. The van der Waals surface area contributed by atoms with Crippen molar-refractivity contribution in [3.8, 4) is 22.8 Å². The van der Waals surface area contributed by atoms with Gasteiger partial charge in [0.05, 0.1) is 30.3 Å². The third kappa shape index (κ3) is 3.95. The summed E-state index contributed by atoms with van der Waals surface area (Å²) >= 11 is 0. The number of H-pyrrole nitrogens is 1. The van der Waals surface area contributed by atoms with Crippen LogP contribution in [0.15, 0.2) is 42.7 Å². The van der Waals surface area contributed by atoms with Crippen molar-refractivity contribution in [3.63, 3.8) is 0 Å². The van der Waals surface area contributed by atoms with Gasteiger partial charge in [-0.15, -0.1) is 0 Å². The zero-order valence-corrected chi connectivity index (χ0v) is 15.1. The molecule has 0 radical (unpaired) electrons. The zero-order valence-electron chi connectivity index (χ0n) is 15.1. The Kier molecular flexibility index (Phi) is 4.70. The summed E-state index contributed by atoms with van der Waals surface area (Å²) in [6.45, 7) is 0.0315. The van der Waals surface area contributed by atoms with E-state index in [1.807, 2.05) is 12.1 Å². The van der Waals surface area contributed by atoms with Crippen LogP contribution in [0.2, 0.25) is 0 Å². The molecule has 0 atom stereocenters. The fourth-order valence-electron chi connectivity index (χ4n) is 2.83. The maximum Gasteiger partial charge on any atom is 0.417 e. The van der Waals surface area contributed by atoms with Crippen LogP contribution in [-0.4, -0.2) is 22.1 Å². The van der Waals surface area contributed by atoms with Crippen molar-refractivity contribution in [1.29, 1.82) is 0 Å². The third-order valence-electron chi connectivity index (χ3n) is 4.56. The minimum absolute atomic E-state index is 0.0315. The number of hydrogen-bond acceptors (Lipinski definition) is 4. The second kappa shape index (κ2) is 7.18. The van der Waals surface area contributed by atoms with Crippen molar-refractivity contribution in [1.82, 2.24) is 15.0 Å². The van der Waals surface area contributed by atoms with Crippen molar-refractivity contribution in [2.24, 2.45) is 0 Å². The average Bonchev–Trinajstić information content (AvgIpc) is 3.42. The number of benzene rings is 1. The number of hydrogen-bond donors (Lipinski definition) is 1. The third-order valence-corrected chi connectivity index (χ3v) is 4.56. The van der Waals surface area contributed by atoms with E-state index in [0.717, 1.165) is 29.3 Å². The number of imidazole rings is 1. The second-order valence-electron chi connectivity index (χ2n) is 6.65. The lowest BCUT2D eigenvalue weighted by Crippen LogP contribution is -2.07. The standard InChI is InChI=1S/C20H18F3N3O2/c1-27-18-8-13(16-10-25-19(26-16)12-2-3-12)4-7-17(18)28-11-15-6-5-14(9-24-15)20(21,22)23/h4-10,12H,2-3,11H2,1H3,(H,25,26). The lowest BCUT2D eigenvalue weighted by Gasteiger charge is -2.12. The first-order valence-electron chi connectivity index (χ1n) is 8.82. The van der Waals surface area contributed by atoms with Gasteiger partial charge in [-0.05, 0) is 43.2 Å². The van der Waals surface area contributed by atoms with E-state index in [4.69, 9.17) is 9.47 Å². The Morgan fingerprint density at radius 2 is 1.89 bits per heavy atom. The quantitative estimate of drug-likeness (QED) is 0.648. The molecule has 0 spiro atoms. The maximum atomic E-state index is 12.6. The van der Waals surface area contributed by atoms with Gasteiger partial charge in [-0.25, -0.2) is 4.98 Å². The highest BCUT2D eigenvalue weighted by molar-refractivity contribution is 5.63. The molecule has 146 valence electrons. The minimum Gasteiger partial charge on any atom is -0.493 e. The molecule has 2 heterocycles. The normalized spacial score (nSPS) is 14.1. The Balaban J connectivity index is 1.47. The predicted octanol–water partition coefficient (Wildman–Crippen LogP) is 4.96. The maximum absolute atomic E-state index is 12.6. The van der Waals surface area contributed by atoms with E-state index in [0.29, 0.717) is 23.1 Å². The monoisotopic (exact) mass is 389 g/mol. The Labute approximate surface area is 159 Å². The van der Waals surface area contributed by atoms with Gasteiger partial charge in [0.25, 0.3) is 0 Å². The van der Waals surface area contributed by atoms with Gasteiger partial charge in [-0.3, -0.25) is 4.98 Å². The number of rotatable bonds is 6. The first-order valence-corrected chi connectivity index (χ1v) is 8.82. The molecule has 1 fully saturated rings.